The number of hydrogen-bond acceptors (Lipinski definition) is 6. The predicted octanol–water partition coefficient (Wildman–Crippen LogP) is 0.644. The summed E-state index contributed by atoms with van der Waals surface area (Å²) >= 11 is 0. The number of methoxy groups -OCH3 is 1. The molecule has 136 valence electrons. The maximum atomic E-state index is 12.1. The van der Waals surface area contributed by atoms with Gasteiger partial charge in [-0.05, 0) is 20.8 Å². The summed E-state index contributed by atoms with van der Waals surface area (Å²) in [6, 6.07) is 0. The number of likely N-dealkylation sites (tertiary alicyclic amines) is 1. The molecule has 0 aromatic carbocycles. The van der Waals surface area contributed by atoms with Crippen molar-refractivity contribution in [1.29, 1.82) is 0 Å². The van der Waals surface area contributed by atoms with Crippen LogP contribution < -0.4 is 0 Å². The van der Waals surface area contributed by atoms with E-state index in [0.29, 0.717) is 32.8 Å². The molecule has 0 bridgehead atoms. The van der Waals surface area contributed by atoms with Crippen molar-refractivity contribution in [2.24, 2.45) is 5.92 Å². The lowest BCUT2D eigenvalue weighted by molar-refractivity contribution is -0.145. The SMILES string of the molecule is COC(=O)C1CC(=O)N(C[C@@H]2CN(C(=O)OC(C)(C)C)CCO2)C1. The van der Waals surface area contributed by atoms with Crippen LogP contribution in [0.1, 0.15) is 27.2 Å². The molecule has 0 radical (unpaired) electrons. The summed E-state index contributed by atoms with van der Waals surface area (Å²) in [6.45, 7) is 7.36. The molecule has 0 aromatic rings. The van der Waals surface area contributed by atoms with E-state index in [2.05, 4.69) is 0 Å². The second kappa shape index (κ2) is 7.38. The van der Waals surface area contributed by atoms with Crippen LogP contribution in [0.25, 0.3) is 0 Å². The van der Waals surface area contributed by atoms with Gasteiger partial charge in [0.15, 0.2) is 0 Å². The molecule has 2 saturated heterocycles. The van der Waals surface area contributed by atoms with Crippen LogP contribution in [0.5, 0.6) is 0 Å². The molecule has 0 aromatic heterocycles. The molecule has 24 heavy (non-hydrogen) atoms. The summed E-state index contributed by atoms with van der Waals surface area (Å²) in [7, 11) is 1.32. The Hall–Kier alpha value is -1.83. The van der Waals surface area contributed by atoms with Crippen LogP contribution in [0.3, 0.4) is 0 Å². The van der Waals surface area contributed by atoms with Crippen LogP contribution in [-0.4, -0.2) is 79.4 Å². The van der Waals surface area contributed by atoms with Crippen LogP contribution in [0, 0.1) is 5.92 Å². The zero-order valence-electron chi connectivity index (χ0n) is 14.7. The normalized spacial score (nSPS) is 24.9. The molecule has 2 amide bonds. The first-order valence-electron chi connectivity index (χ1n) is 8.14. The van der Waals surface area contributed by atoms with Crippen LogP contribution in [-0.2, 0) is 23.8 Å². The highest BCUT2D eigenvalue weighted by Crippen LogP contribution is 2.21. The van der Waals surface area contributed by atoms with Gasteiger partial charge in [-0.3, -0.25) is 9.59 Å². The van der Waals surface area contributed by atoms with Crippen molar-refractivity contribution in [2.75, 3.05) is 39.9 Å². The number of ether oxygens (including phenoxy) is 3. The standard InChI is InChI=1S/C16H26N2O6/c1-16(2,3)24-15(21)17-5-6-23-12(9-17)10-18-8-11(7-13(18)19)14(20)22-4/h11-12H,5-10H2,1-4H3/t11?,12-/m0/s1. The fourth-order valence-electron chi connectivity index (χ4n) is 2.84. The highest BCUT2D eigenvalue weighted by molar-refractivity contribution is 5.86. The van der Waals surface area contributed by atoms with Gasteiger partial charge in [-0.15, -0.1) is 0 Å². The monoisotopic (exact) mass is 342 g/mol. The molecule has 2 aliphatic heterocycles. The molecule has 8 nitrogen and oxygen atoms in total. The Bertz CT molecular complexity index is 501. The molecule has 2 rings (SSSR count). The molecule has 0 aliphatic carbocycles. The van der Waals surface area contributed by atoms with E-state index in [1.165, 1.54) is 7.11 Å². The third-order valence-corrected chi connectivity index (χ3v) is 3.96. The summed E-state index contributed by atoms with van der Waals surface area (Å²) < 4.78 is 15.7. The summed E-state index contributed by atoms with van der Waals surface area (Å²) in [5.74, 6) is -0.887. The maximum absolute atomic E-state index is 12.1. The minimum absolute atomic E-state index is 0.0941. The van der Waals surface area contributed by atoms with Gasteiger partial charge in [-0.2, -0.15) is 0 Å². The second-order valence-electron chi connectivity index (χ2n) is 7.14. The minimum Gasteiger partial charge on any atom is -0.469 e. The number of rotatable bonds is 3. The molecule has 2 atom stereocenters. The number of hydrogen-bond donors (Lipinski definition) is 0. The van der Waals surface area contributed by atoms with Gasteiger partial charge in [0, 0.05) is 26.1 Å². The van der Waals surface area contributed by atoms with E-state index in [1.807, 2.05) is 20.8 Å². The second-order valence-corrected chi connectivity index (χ2v) is 7.14. The number of nitrogens with zero attached hydrogens (tertiary/aromatic N) is 2. The lowest BCUT2D eigenvalue weighted by Gasteiger charge is -2.35. The van der Waals surface area contributed by atoms with E-state index in [1.54, 1.807) is 9.80 Å². The van der Waals surface area contributed by atoms with Gasteiger partial charge in [0.2, 0.25) is 5.91 Å². The van der Waals surface area contributed by atoms with Crippen molar-refractivity contribution < 1.29 is 28.6 Å². The molecule has 2 aliphatic rings. The highest BCUT2D eigenvalue weighted by atomic mass is 16.6. The zero-order valence-corrected chi connectivity index (χ0v) is 14.7. The Morgan fingerprint density at radius 3 is 2.62 bits per heavy atom. The van der Waals surface area contributed by atoms with Crippen LogP contribution in [0.15, 0.2) is 0 Å². The third kappa shape index (κ3) is 4.83. The largest absolute Gasteiger partial charge is 0.469 e. The topological polar surface area (TPSA) is 85.4 Å². The highest BCUT2D eigenvalue weighted by Gasteiger charge is 2.37. The van der Waals surface area contributed by atoms with E-state index in [0.717, 1.165) is 0 Å². The Morgan fingerprint density at radius 1 is 1.29 bits per heavy atom. The van der Waals surface area contributed by atoms with Crippen molar-refractivity contribution in [3.05, 3.63) is 0 Å². The quantitative estimate of drug-likeness (QED) is 0.700. The predicted molar refractivity (Wildman–Crippen MR) is 84.3 cm³/mol. The summed E-state index contributed by atoms with van der Waals surface area (Å²) in [6.07, 6.45) is -0.502. The number of carbonyl (C=O) groups is 3. The zero-order chi connectivity index (χ0) is 17.9. The van der Waals surface area contributed by atoms with Crippen molar-refractivity contribution in [3.63, 3.8) is 0 Å². The Morgan fingerprint density at radius 2 is 2.00 bits per heavy atom. The van der Waals surface area contributed by atoms with E-state index < -0.39 is 11.5 Å². The van der Waals surface area contributed by atoms with Crippen LogP contribution >= 0.6 is 0 Å². The average Bonchev–Trinajstić information content (AvgIpc) is 2.86. The van der Waals surface area contributed by atoms with Crippen molar-refractivity contribution in [1.82, 2.24) is 9.80 Å². The van der Waals surface area contributed by atoms with Gasteiger partial charge < -0.3 is 24.0 Å². The molecule has 8 heteroatoms. The lowest BCUT2D eigenvalue weighted by atomic mass is 10.1. The van der Waals surface area contributed by atoms with Crippen molar-refractivity contribution in [2.45, 2.75) is 38.9 Å². The van der Waals surface area contributed by atoms with E-state index in [9.17, 15) is 14.4 Å². The molecular formula is C16H26N2O6. The van der Waals surface area contributed by atoms with Crippen molar-refractivity contribution in [3.8, 4) is 0 Å². The number of carbonyl (C=O) groups excluding carboxylic acids is 3. The fourth-order valence-corrected chi connectivity index (χ4v) is 2.84. The van der Waals surface area contributed by atoms with Crippen LogP contribution in [0.4, 0.5) is 4.79 Å². The number of morpholine rings is 1. The summed E-state index contributed by atoms with van der Waals surface area (Å²) in [5.41, 5.74) is -0.552. The molecule has 2 fully saturated rings. The fraction of sp³-hybridized carbons (Fsp3) is 0.812. The molecular weight excluding hydrogens is 316 g/mol. The van der Waals surface area contributed by atoms with Gasteiger partial charge in [-0.1, -0.05) is 0 Å². The van der Waals surface area contributed by atoms with Gasteiger partial charge in [0.25, 0.3) is 0 Å². The smallest absolute Gasteiger partial charge is 0.410 e. The molecule has 2 heterocycles. The Labute approximate surface area is 142 Å². The Kier molecular flexibility index (Phi) is 5.69. The van der Waals surface area contributed by atoms with Gasteiger partial charge in [0.1, 0.15) is 5.60 Å². The number of amides is 2. The van der Waals surface area contributed by atoms with Gasteiger partial charge in [-0.25, -0.2) is 4.79 Å². The lowest BCUT2D eigenvalue weighted by Crippen LogP contribution is -2.51. The average molecular weight is 342 g/mol. The maximum Gasteiger partial charge on any atom is 0.410 e. The number of esters is 1. The first kappa shape index (κ1) is 18.5. The van der Waals surface area contributed by atoms with E-state index in [4.69, 9.17) is 14.2 Å². The van der Waals surface area contributed by atoms with E-state index >= 15 is 0 Å². The summed E-state index contributed by atoms with van der Waals surface area (Å²) in [5, 5.41) is 0. The minimum atomic E-state index is -0.552. The summed E-state index contributed by atoms with van der Waals surface area (Å²) in [4.78, 5) is 39.0. The van der Waals surface area contributed by atoms with E-state index in [-0.39, 0.29) is 30.5 Å². The van der Waals surface area contributed by atoms with Gasteiger partial charge in [0.05, 0.1) is 32.3 Å². The Balaban J connectivity index is 1.88. The third-order valence-electron chi connectivity index (χ3n) is 3.96. The van der Waals surface area contributed by atoms with Gasteiger partial charge >= 0.3 is 12.1 Å². The molecule has 1 unspecified atom stereocenters. The molecule has 0 spiro atoms. The van der Waals surface area contributed by atoms with Crippen molar-refractivity contribution >= 4 is 18.0 Å². The molecule has 0 N–H and O–H groups in total. The van der Waals surface area contributed by atoms with Crippen LogP contribution in [0.2, 0.25) is 0 Å². The first-order valence-corrected chi connectivity index (χ1v) is 8.14. The first-order chi connectivity index (χ1) is 11.2. The molecule has 0 saturated carbocycles.